The van der Waals surface area contributed by atoms with Gasteiger partial charge in [0.15, 0.2) is 5.78 Å². The highest BCUT2D eigenvalue weighted by Gasteiger charge is 2.11. The van der Waals surface area contributed by atoms with Gasteiger partial charge in [0.25, 0.3) is 0 Å². The van der Waals surface area contributed by atoms with E-state index >= 15 is 0 Å². The van der Waals surface area contributed by atoms with Crippen molar-refractivity contribution in [1.82, 2.24) is 4.57 Å². The Hall–Kier alpha value is -2.35. The van der Waals surface area contributed by atoms with E-state index in [2.05, 4.69) is 22.8 Å². The van der Waals surface area contributed by atoms with Gasteiger partial charge in [-0.15, -0.1) is 0 Å². The minimum atomic E-state index is 0.151. The Bertz CT molecular complexity index is 783. The van der Waals surface area contributed by atoms with E-state index in [1.807, 2.05) is 50.2 Å². The Labute approximate surface area is 118 Å². The number of Topliss-reactive ketones (excluding diaryl/α,β-unsaturated/α-hetero) is 1. The monoisotopic (exact) mass is 263 g/mol. The zero-order chi connectivity index (χ0) is 14.1. The first-order valence-electron chi connectivity index (χ1n) is 6.80. The van der Waals surface area contributed by atoms with Gasteiger partial charge in [0.1, 0.15) is 0 Å². The fourth-order valence-corrected chi connectivity index (χ4v) is 2.61. The SMILES string of the molecule is Cc1cccc(C(=O)Cn2c(C)cc3ccccc32)c1. The van der Waals surface area contributed by atoms with Crippen molar-refractivity contribution in [2.75, 3.05) is 0 Å². The summed E-state index contributed by atoms with van der Waals surface area (Å²) in [6.07, 6.45) is 0. The van der Waals surface area contributed by atoms with Crippen LogP contribution in [0.2, 0.25) is 0 Å². The quantitative estimate of drug-likeness (QED) is 0.651. The van der Waals surface area contributed by atoms with Crippen molar-refractivity contribution in [1.29, 1.82) is 0 Å². The summed E-state index contributed by atoms with van der Waals surface area (Å²) < 4.78 is 2.08. The first kappa shape index (κ1) is 12.7. The average Bonchev–Trinajstić information content (AvgIpc) is 2.75. The molecule has 2 nitrogen and oxygen atoms in total. The second kappa shape index (κ2) is 4.97. The van der Waals surface area contributed by atoms with Gasteiger partial charge >= 0.3 is 0 Å². The molecule has 0 atom stereocenters. The summed E-state index contributed by atoms with van der Waals surface area (Å²) in [7, 11) is 0. The van der Waals surface area contributed by atoms with Crippen molar-refractivity contribution in [3.05, 3.63) is 71.4 Å². The van der Waals surface area contributed by atoms with Gasteiger partial charge in [0.2, 0.25) is 0 Å². The van der Waals surface area contributed by atoms with Gasteiger partial charge in [-0.3, -0.25) is 4.79 Å². The highest BCUT2D eigenvalue weighted by Crippen LogP contribution is 2.20. The number of ketones is 1. The molecule has 0 saturated carbocycles. The van der Waals surface area contributed by atoms with Gasteiger partial charge in [0, 0.05) is 16.8 Å². The highest BCUT2D eigenvalue weighted by atomic mass is 16.1. The van der Waals surface area contributed by atoms with E-state index in [1.165, 1.54) is 5.39 Å². The number of carbonyl (C=O) groups is 1. The molecule has 100 valence electrons. The summed E-state index contributed by atoms with van der Waals surface area (Å²) in [5, 5.41) is 1.18. The minimum absolute atomic E-state index is 0.151. The lowest BCUT2D eigenvalue weighted by atomic mass is 10.1. The van der Waals surface area contributed by atoms with Crippen molar-refractivity contribution < 1.29 is 4.79 Å². The number of aryl methyl sites for hydroxylation is 2. The number of fused-ring (bicyclic) bond motifs is 1. The Morgan fingerprint density at radius 3 is 2.60 bits per heavy atom. The number of carbonyl (C=O) groups excluding carboxylic acids is 1. The molecule has 0 aliphatic heterocycles. The summed E-state index contributed by atoms with van der Waals surface area (Å²) in [4.78, 5) is 12.4. The largest absolute Gasteiger partial charge is 0.337 e. The fourth-order valence-electron chi connectivity index (χ4n) is 2.61. The summed E-state index contributed by atoms with van der Waals surface area (Å²) in [6.45, 7) is 4.44. The number of benzene rings is 2. The molecule has 0 bridgehead atoms. The molecule has 0 aliphatic carbocycles. The zero-order valence-electron chi connectivity index (χ0n) is 11.8. The summed E-state index contributed by atoms with van der Waals surface area (Å²) in [6, 6.07) is 18.1. The summed E-state index contributed by atoms with van der Waals surface area (Å²) >= 11 is 0. The summed E-state index contributed by atoms with van der Waals surface area (Å²) in [5.41, 5.74) is 4.13. The van der Waals surface area contributed by atoms with Crippen LogP contribution < -0.4 is 0 Å². The van der Waals surface area contributed by atoms with Gasteiger partial charge in [-0.25, -0.2) is 0 Å². The Morgan fingerprint density at radius 1 is 1.00 bits per heavy atom. The molecular formula is C18H17NO. The van der Waals surface area contributed by atoms with Crippen LogP contribution in [-0.2, 0) is 6.54 Å². The molecule has 0 aliphatic rings. The minimum Gasteiger partial charge on any atom is -0.337 e. The van der Waals surface area contributed by atoms with Crippen molar-refractivity contribution in [2.24, 2.45) is 0 Å². The van der Waals surface area contributed by atoms with Gasteiger partial charge in [-0.1, -0.05) is 42.0 Å². The molecule has 3 aromatic rings. The van der Waals surface area contributed by atoms with E-state index in [4.69, 9.17) is 0 Å². The van der Waals surface area contributed by atoms with Gasteiger partial charge in [-0.2, -0.15) is 0 Å². The second-order valence-electron chi connectivity index (χ2n) is 5.22. The normalized spacial score (nSPS) is 10.9. The third kappa shape index (κ3) is 2.25. The van der Waals surface area contributed by atoms with E-state index in [-0.39, 0.29) is 5.78 Å². The average molecular weight is 263 g/mol. The van der Waals surface area contributed by atoms with Crippen LogP contribution in [0.5, 0.6) is 0 Å². The molecule has 0 fully saturated rings. The molecule has 0 N–H and O–H groups in total. The Kier molecular flexibility index (Phi) is 3.15. The van der Waals surface area contributed by atoms with E-state index in [9.17, 15) is 4.79 Å². The molecule has 3 rings (SSSR count). The predicted molar refractivity (Wildman–Crippen MR) is 82.2 cm³/mol. The van der Waals surface area contributed by atoms with Crippen LogP contribution in [-0.4, -0.2) is 10.4 Å². The molecule has 20 heavy (non-hydrogen) atoms. The van der Waals surface area contributed by atoms with Gasteiger partial charge in [-0.05, 0) is 37.4 Å². The fraction of sp³-hybridized carbons (Fsp3) is 0.167. The zero-order valence-corrected chi connectivity index (χ0v) is 11.8. The standard InChI is InChI=1S/C18H17NO/c1-13-6-5-8-16(10-13)18(20)12-19-14(2)11-15-7-3-4-9-17(15)19/h3-11H,12H2,1-2H3. The predicted octanol–water partition coefficient (Wildman–Crippen LogP) is 4.14. The van der Waals surface area contributed by atoms with Crippen LogP contribution >= 0.6 is 0 Å². The van der Waals surface area contributed by atoms with Gasteiger partial charge in [0.05, 0.1) is 6.54 Å². The van der Waals surface area contributed by atoms with Crippen LogP contribution in [0.1, 0.15) is 21.6 Å². The van der Waals surface area contributed by atoms with Crippen LogP contribution in [0.4, 0.5) is 0 Å². The molecule has 2 aromatic carbocycles. The number of aromatic nitrogens is 1. The lowest BCUT2D eigenvalue weighted by molar-refractivity contribution is 0.0973. The molecule has 0 amide bonds. The number of hydrogen-bond donors (Lipinski definition) is 0. The van der Waals surface area contributed by atoms with Gasteiger partial charge < -0.3 is 4.57 Å². The molecule has 0 saturated heterocycles. The first-order chi connectivity index (χ1) is 9.65. The molecule has 2 heteroatoms. The van der Waals surface area contributed by atoms with Crippen molar-refractivity contribution in [2.45, 2.75) is 20.4 Å². The number of rotatable bonds is 3. The number of hydrogen-bond acceptors (Lipinski definition) is 1. The summed E-state index contributed by atoms with van der Waals surface area (Å²) in [5.74, 6) is 0.151. The molecule has 1 aromatic heterocycles. The molecule has 1 heterocycles. The maximum atomic E-state index is 12.4. The maximum absolute atomic E-state index is 12.4. The lowest BCUT2D eigenvalue weighted by Crippen LogP contribution is -2.11. The molecule has 0 radical (unpaired) electrons. The topological polar surface area (TPSA) is 22.0 Å². The van der Waals surface area contributed by atoms with Crippen LogP contribution in [0, 0.1) is 13.8 Å². The van der Waals surface area contributed by atoms with Crippen LogP contribution in [0.3, 0.4) is 0 Å². The van der Waals surface area contributed by atoms with Crippen molar-refractivity contribution in [3.8, 4) is 0 Å². The van der Waals surface area contributed by atoms with Crippen molar-refractivity contribution in [3.63, 3.8) is 0 Å². The van der Waals surface area contributed by atoms with Crippen molar-refractivity contribution >= 4 is 16.7 Å². The van der Waals surface area contributed by atoms with E-state index in [0.29, 0.717) is 6.54 Å². The van der Waals surface area contributed by atoms with E-state index in [1.54, 1.807) is 0 Å². The molecular weight excluding hydrogens is 246 g/mol. The molecule has 0 unspecified atom stereocenters. The Morgan fingerprint density at radius 2 is 1.80 bits per heavy atom. The lowest BCUT2D eigenvalue weighted by Gasteiger charge is -2.08. The third-order valence-corrected chi connectivity index (χ3v) is 3.66. The van der Waals surface area contributed by atoms with Crippen LogP contribution in [0.15, 0.2) is 54.6 Å². The second-order valence-corrected chi connectivity index (χ2v) is 5.22. The van der Waals surface area contributed by atoms with E-state index < -0.39 is 0 Å². The first-order valence-corrected chi connectivity index (χ1v) is 6.80. The Balaban J connectivity index is 1.97. The van der Waals surface area contributed by atoms with E-state index in [0.717, 1.165) is 22.3 Å². The number of para-hydroxylation sites is 1. The van der Waals surface area contributed by atoms with Crippen LogP contribution in [0.25, 0.3) is 10.9 Å². The smallest absolute Gasteiger partial charge is 0.182 e. The number of nitrogens with zero attached hydrogens (tertiary/aromatic N) is 1. The maximum Gasteiger partial charge on any atom is 0.182 e. The third-order valence-electron chi connectivity index (χ3n) is 3.66. The highest BCUT2D eigenvalue weighted by molar-refractivity contribution is 5.97. The molecule has 0 spiro atoms.